The average molecular weight is 377 g/mol. The van der Waals surface area contributed by atoms with Crippen LogP contribution in [-0.4, -0.2) is 21.0 Å². The van der Waals surface area contributed by atoms with Gasteiger partial charge in [0, 0.05) is 6.61 Å². The highest BCUT2D eigenvalue weighted by Gasteiger charge is 2.24. The van der Waals surface area contributed by atoms with Gasteiger partial charge in [-0.25, -0.2) is 9.48 Å². The highest BCUT2D eigenvalue weighted by atomic mass is 16.5. The highest BCUT2D eigenvalue weighted by Crippen LogP contribution is 2.24. The van der Waals surface area contributed by atoms with Crippen molar-refractivity contribution in [3.8, 4) is 0 Å². The van der Waals surface area contributed by atoms with Crippen molar-refractivity contribution >= 4 is 0 Å². The van der Waals surface area contributed by atoms with E-state index in [9.17, 15) is 9.59 Å². The summed E-state index contributed by atoms with van der Waals surface area (Å²) in [5.41, 5.74) is 1.42. The van der Waals surface area contributed by atoms with Crippen molar-refractivity contribution in [2.24, 2.45) is 0 Å². The summed E-state index contributed by atoms with van der Waals surface area (Å²) >= 11 is 0. The second kappa shape index (κ2) is 8.35. The second-order valence-corrected chi connectivity index (χ2v) is 7.04. The van der Waals surface area contributed by atoms with Crippen LogP contribution in [-0.2, 0) is 17.8 Å². The molecule has 28 heavy (non-hydrogen) atoms. The first-order chi connectivity index (χ1) is 13.7. The lowest BCUT2D eigenvalue weighted by atomic mass is 10.1. The van der Waals surface area contributed by atoms with Gasteiger partial charge in [-0.05, 0) is 30.4 Å². The van der Waals surface area contributed by atoms with E-state index in [2.05, 4.69) is 5.10 Å². The number of benzene rings is 2. The van der Waals surface area contributed by atoms with Crippen molar-refractivity contribution in [1.29, 1.82) is 0 Å². The van der Waals surface area contributed by atoms with Crippen molar-refractivity contribution < 1.29 is 4.74 Å². The summed E-state index contributed by atoms with van der Waals surface area (Å²) in [6, 6.07) is 19.2. The molecule has 6 heteroatoms. The zero-order valence-electron chi connectivity index (χ0n) is 15.7. The molecule has 1 unspecified atom stereocenters. The monoisotopic (exact) mass is 377 g/mol. The number of nitrogens with zero attached hydrogens (tertiary/aromatic N) is 3. The summed E-state index contributed by atoms with van der Waals surface area (Å²) in [6.07, 6.45) is 2.36. The average Bonchev–Trinajstić information content (AvgIpc) is 2.75. The smallest absolute Gasteiger partial charge is 0.348 e. The lowest BCUT2D eigenvalue weighted by Gasteiger charge is -2.22. The molecule has 0 aliphatic carbocycles. The van der Waals surface area contributed by atoms with Gasteiger partial charge in [-0.3, -0.25) is 9.36 Å². The van der Waals surface area contributed by atoms with Crippen LogP contribution in [0.2, 0.25) is 0 Å². The summed E-state index contributed by atoms with van der Waals surface area (Å²) in [5.74, 6) is 0. The van der Waals surface area contributed by atoms with Crippen LogP contribution in [0.3, 0.4) is 0 Å². The molecule has 0 N–H and O–H groups in total. The molecule has 2 aromatic carbocycles. The molecule has 6 nitrogen and oxygen atoms in total. The van der Waals surface area contributed by atoms with Gasteiger partial charge in [0.15, 0.2) is 5.69 Å². The van der Waals surface area contributed by atoms with Crippen LogP contribution in [0.5, 0.6) is 0 Å². The minimum absolute atomic E-state index is 0.218. The number of ether oxygens (including phenoxy) is 1. The molecule has 1 aliphatic heterocycles. The Hall–Kier alpha value is -2.99. The maximum atomic E-state index is 13.1. The maximum absolute atomic E-state index is 13.1. The molecule has 0 saturated carbocycles. The number of hydrogen-bond donors (Lipinski definition) is 0. The van der Waals surface area contributed by atoms with Crippen molar-refractivity contribution in [3.63, 3.8) is 0 Å². The third-order valence-electron chi connectivity index (χ3n) is 4.99. The molecule has 1 aliphatic rings. The Balaban J connectivity index is 1.79. The molecule has 1 fully saturated rings. The van der Waals surface area contributed by atoms with Gasteiger partial charge in [-0.2, -0.15) is 5.10 Å². The third-order valence-corrected chi connectivity index (χ3v) is 4.99. The van der Waals surface area contributed by atoms with Crippen molar-refractivity contribution in [2.75, 3.05) is 6.61 Å². The Morgan fingerprint density at radius 2 is 1.54 bits per heavy atom. The zero-order chi connectivity index (χ0) is 19.3. The Bertz CT molecular complexity index is 1040. The van der Waals surface area contributed by atoms with E-state index in [0.717, 1.165) is 30.4 Å². The quantitative estimate of drug-likeness (QED) is 0.686. The summed E-state index contributed by atoms with van der Waals surface area (Å²) in [4.78, 5) is 26.2. The Morgan fingerprint density at radius 1 is 0.893 bits per heavy atom. The van der Waals surface area contributed by atoms with Crippen LogP contribution in [0.15, 0.2) is 70.3 Å². The van der Waals surface area contributed by atoms with Crippen LogP contribution in [0.4, 0.5) is 0 Å². The van der Waals surface area contributed by atoms with Gasteiger partial charge in [0.1, 0.15) is 6.10 Å². The predicted molar refractivity (Wildman–Crippen MR) is 106 cm³/mol. The molecule has 1 saturated heterocycles. The molecule has 1 aromatic heterocycles. The van der Waals surface area contributed by atoms with Gasteiger partial charge in [0.2, 0.25) is 0 Å². The fourth-order valence-electron chi connectivity index (χ4n) is 3.50. The van der Waals surface area contributed by atoms with Crippen LogP contribution in [0.25, 0.3) is 0 Å². The first kappa shape index (κ1) is 18.4. The van der Waals surface area contributed by atoms with Crippen LogP contribution in [0, 0.1) is 0 Å². The Labute approximate surface area is 163 Å². The molecule has 4 rings (SSSR count). The van der Waals surface area contributed by atoms with E-state index in [-0.39, 0.29) is 18.2 Å². The SMILES string of the molecule is O=c1c(C2CCCCO2)nn(Cc2ccccc2)c(=O)n1Cc1ccccc1. The standard InChI is InChI=1S/C22H23N3O3/c26-21-20(19-13-7-8-14-28-19)23-25(16-18-11-5-2-6-12-18)22(27)24(21)15-17-9-3-1-4-10-17/h1-6,9-12,19H,7-8,13-16H2. The Morgan fingerprint density at radius 3 is 2.14 bits per heavy atom. The number of rotatable bonds is 5. The second-order valence-electron chi connectivity index (χ2n) is 7.04. The number of hydrogen-bond acceptors (Lipinski definition) is 4. The maximum Gasteiger partial charge on any atom is 0.348 e. The Kier molecular flexibility index (Phi) is 5.48. The number of aromatic nitrogens is 3. The fraction of sp³-hybridized carbons (Fsp3) is 0.318. The topological polar surface area (TPSA) is 66.1 Å². The molecule has 144 valence electrons. The van der Waals surface area contributed by atoms with E-state index in [1.54, 1.807) is 0 Å². The fourth-order valence-corrected chi connectivity index (χ4v) is 3.50. The largest absolute Gasteiger partial charge is 0.372 e. The molecule has 1 atom stereocenters. The highest BCUT2D eigenvalue weighted by molar-refractivity contribution is 5.17. The van der Waals surface area contributed by atoms with Gasteiger partial charge >= 0.3 is 5.69 Å². The lowest BCUT2D eigenvalue weighted by molar-refractivity contribution is 0.00964. The van der Waals surface area contributed by atoms with E-state index in [4.69, 9.17) is 4.74 Å². The van der Waals surface area contributed by atoms with E-state index < -0.39 is 5.69 Å². The molecular weight excluding hydrogens is 354 g/mol. The van der Waals surface area contributed by atoms with Crippen LogP contribution >= 0.6 is 0 Å². The first-order valence-corrected chi connectivity index (χ1v) is 9.63. The van der Waals surface area contributed by atoms with Crippen molar-refractivity contribution in [2.45, 2.75) is 38.5 Å². The van der Waals surface area contributed by atoms with E-state index in [1.807, 2.05) is 60.7 Å². The molecule has 0 amide bonds. The lowest BCUT2D eigenvalue weighted by Crippen LogP contribution is -2.45. The molecular formula is C22H23N3O3. The summed E-state index contributed by atoms with van der Waals surface area (Å²) in [7, 11) is 0. The van der Waals surface area contributed by atoms with Gasteiger partial charge < -0.3 is 4.74 Å². The zero-order valence-corrected chi connectivity index (χ0v) is 15.7. The van der Waals surface area contributed by atoms with E-state index in [1.165, 1.54) is 9.25 Å². The van der Waals surface area contributed by atoms with E-state index in [0.29, 0.717) is 18.8 Å². The summed E-state index contributed by atoms with van der Waals surface area (Å²) < 4.78 is 8.46. The van der Waals surface area contributed by atoms with Crippen LogP contribution < -0.4 is 11.2 Å². The normalized spacial score (nSPS) is 16.8. The van der Waals surface area contributed by atoms with Crippen molar-refractivity contribution in [1.82, 2.24) is 14.3 Å². The third kappa shape index (κ3) is 3.97. The van der Waals surface area contributed by atoms with Gasteiger partial charge in [-0.1, -0.05) is 60.7 Å². The minimum atomic E-state index is -0.405. The van der Waals surface area contributed by atoms with Gasteiger partial charge in [-0.15, -0.1) is 0 Å². The molecule has 0 spiro atoms. The molecule has 3 aromatic rings. The van der Waals surface area contributed by atoms with E-state index >= 15 is 0 Å². The van der Waals surface area contributed by atoms with Crippen molar-refractivity contribution in [3.05, 3.63) is 98.3 Å². The summed E-state index contributed by atoms with van der Waals surface area (Å²) in [5, 5.41) is 4.44. The molecule has 0 bridgehead atoms. The van der Waals surface area contributed by atoms with Gasteiger partial charge in [0.25, 0.3) is 5.56 Å². The summed E-state index contributed by atoms with van der Waals surface area (Å²) in [6.45, 7) is 1.15. The molecule has 2 heterocycles. The predicted octanol–water partition coefficient (Wildman–Crippen LogP) is 2.74. The first-order valence-electron chi connectivity index (χ1n) is 9.63. The molecule has 0 radical (unpaired) electrons. The van der Waals surface area contributed by atoms with Gasteiger partial charge in [0.05, 0.1) is 13.1 Å². The van der Waals surface area contributed by atoms with Crippen LogP contribution in [0.1, 0.15) is 42.2 Å². The minimum Gasteiger partial charge on any atom is -0.372 e.